The van der Waals surface area contributed by atoms with Gasteiger partial charge in [-0.05, 0) is 51.8 Å². The minimum absolute atomic E-state index is 0.570. The average Bonchev–Trinajstić information content (AvgIpc) is 2.45. The number of hydrogen-bond acceptors (Lipinski definition) is 2. The summed E-state index contributed by atoms with van der Waals surface area (Å²) in [6, 6.07) is 14.4. The van der Waals surface area contributed by atoms with Crippen molar-refractivity contribution in [1.82, 2.24) is 5.32 Å². The maximum absolute atomic E-state index is 5.85. The number of nitrogens with one attached hydrogen (secondary N) is 1. The molecule has 0 radical (unpaired) electrons. The Bertz CT molecular complexity index is 572. The smallest absolute Gasteiger partial charge is 0.134 e. The van der Waals surface area contributed by atoms with Crippen LogP contribution in [-0.2, 0) is 13.2 Å². The van der Waals surface area contributed by atoms with Crippen molar-refractivity contribution >= 4 is 31.9 Å². The standard InChI is InChI=1S/C16H17Br2NO/c1-2-19-10-12-4-3-5-13(8-12)11-20-16-7-6-14(17)9-15(16)18/h3-9,19H,2,10-11H2,1H3. The molecular weight excluding hydrogens is 382 g/mol. The van der Waals surface area contributed by atoms with Gasteiger partial charge in [0.1, 0.15) is 12.4 Å². The predicted molar refractivity (Wildman–Crippen MR) is 90.0 cm³/mol. The van der Waals surface area contributed by atoms with Gasteiger partial charge in [0.15, 0.2) is 0 Å². The van der Waals surface area contributed by atoms with Crippen molar-refractivity contribution in [2.75, 3.05) is 6.54 Å². The van der Waals surface area contributed by atoms with Gasteiger partial charge in [0.25, 0.3) is 0 Å². The quantitative estimate of drug-likeness (QED) is 0.747. The minimum Gasteiger partial charge on any atom is -0.488 e. The summed E-state index contributed by atoms with van der Waals surface area (Å²) in [5.41, 5.74) is 2.46. The van der Waals surface area contributed by atoms with E-state index in [9.17, 15) is 0 Å². The highest BCUT2D eigenvalue weighted by Crippen LogP contribution is 2.28. The summed E-state index contributed by atoms with van der Waals surface area (Å²) in [7, 11) is 0. The van der Waals surface area contributed by atoms with Gasteiger partial charge in [0.2, 0.25) is 0 Å². The normalized spacial score (nSPS) is 10.6. The summed E-state index contributed by atoms with van der Waals surface area (Å²) in [6.45, 7) is 4.55. The lowest BCUT2D eigenvalue weighted by Crippen LogP contribution is -2.11. The van der Waals surface area contributed by atoms with Gasteiger partial charge >= 0.3 is 0 Å². The van der Waals surface area contributed by atoms with Crippen LogP contribution in [0.4, 0.5) is 0 Å². The van der Waals surface area contributed by atoms with Gasteiger partial charge in [-0.15, -0.1) is 0 Å². The second kappa shape index (κ2) is 7.81. The van der Waals surface area contributed by atoms with Gasteiger partial charge in [-0.3, -0.25) is 0 Å². The van der Waals surface area contributed by atoms with Gasteiger partial charge in [0, 0.05) is 11.0 Å². The fourth-order valence-corrected chi connectivity index (χ4v) is 3.01. The van der Waals surface area contributed by atoms with Crippen molar-refractivity contribution in [2.24, 2.45) is 0 Å². The predicted octanol–water partition coefficient (Wildman–Crippen LogP) is 4.90. The molecule has 0 bridgehead atoms. The lowest BCUT2D eigenvalue weighted by Gasteiger charge is -2.10. The maximum Gasteiger partial charge on any atom is 0.134 e. The van der Waals surface area contributed by atoms with E-state index < -0.39 is 0 Å². The molecule has 20 heavy (non-hydrogen) atoms. The Kier molecular flexibility index (Phi) is 6.07. The lowest BCUT2D eigenvalue weighted by atomic mass is 10.1. The number of halogens is 2. The van der Waals surface area contributed by atoms with Crippen LogP contribution in [0.5, 0.6) is 5.75 Å². The zero-order valence-electron chi connectivity index (χ0n) is 11.3. The molecule has 0 saturated heterocycles. The summed E-state index contributed by atoms with van der Waals surface area (Å²) in [6.07, 6.45) is 0. The lowest BCUT2D eigenvalue weighted by molar-refractivity contribution is 0.304. The molecule has 0 atom stereocenters. The van der Waals surface area contributed by atoms with Crippen LogP contribution in [0.1, 0.15) is 18.1 Å². The Hall–Kier alpha value is -0.840. The molecule has 0 spiro atoms. The molecule has 2 aromatic rings. The number of ether oxygens (including phenoxy) is 1. The van der Waals surface area contributed by atoms with Crippen LogP contribution in [0.3, 0.4) is 0 Å². The van der Waals surface area contributed by atoms with Crippen molar-refractivity contribution < 1.29 is 4.74 Å². The molecule has 0 aliphatic rings. The topological polar surface area (TPSA) is 21.3 Å². The van der Waals surface area contributed by atoms with E-state index in [2.05, 4.69) is 68.4 Å². The first-order valence-corrected chi connectivity index (χ1v) is 8.14. The van der Waals surface area contributed by atoms with E-state index >= 15 is 0 Å². The molecular formula is C16H17Br2NO. The van der Waals surface area contributed by atoms with Crippen molar-refractivity contribution in [3.8, 4) is 5.75 Å². The summed E-state index contributed by atoms with van der Waals surface area (Å²) in [4.78, 5) is 0. The number of benzene rings is 2. The monoisotopic (exact) mass is 397 g/mol. The summed E-state index contributed by atoms with van der Waals surface area (Å²) in [5.74, 6) is 0.852. The maximum atomic E-state index is 5.85. The molecule has 4 heteroatoms. The zero-order chi connectivity index (χ0) is 14.4. The molecule has 106 valence electrons. The zero-order valence-corrected chi connectivity index (χ0v) is 14.5. The van der Waals surface area contributed by atoms with E-state index in [0.29, 0.717) is 6.61 Å². The molecule has 0 aromatic heterocycles. The Morgan fingerprint density at radius 2 is 1.85 bits per heavy atom. The number of hydrogen-bond donors (Lipinski definition) is 1. The fourth-order valence-electron chi connectivity index (χ4n) is 1.85. The Morgan fingerprint density at radius 3 is 2.60 bits per heavy atom. The second-order valence-corrected chi connectivity index (χ2v) is 6.23. The van der Waals surface area contributed by atoms with E-state index in [0.717, 1.165) is 27.8 Å². The molecule has 2 rings (SSSR count). The highest BCUT2D eigenvalue weighted by molar-refractivity contribution is 9.11. The van der Waals surface area contributed by atoms with Gasteiger partial charge in [-0.1, -0.05) is 47.1 Å². The van der Waals surface area contributed by atoms with E-state index in [-0.39, 0.29) is 0 Å². The largest absolute Gasteiger partial charge is 0.488 e. The van der Waals surface area contributed by atoms with E-state index in [1.54, 1.807) is 0 Å². The molecule has 0 aliphatic heterocycles. The molecule has 1 N–H and O–H groups in total. The second-order valence-electron chi connectivity index (χ2n) is 4.46. The van der Waals surface area contributed by atoms with Gasteiger partial charge in [-0.25, -0.2) is 0 Å². The molecule has 0 unspecified atom stereocenters. The van der Waals surface area contributed by atoms with Crippen LogP contribution in [0.25, 0.3) is 0 Å². The van der Waals surface area contributed by atoms with Crippen LogP contribution >= 0.6 is 31.9 Å². The fraction of sp³-hybridized carbons (Fsp3) is 0.250. The van der Waals surface area contributed by atoms with Crippen LogP contribution in [0.2, 0.25) is 0 Å². The minimum atomic E-state index is 0.570. The first-order chi connectivity index (χ1) is 9.69. The van der Waals surface area contributed by atoms with Crippen molar-refractivity contribution in [3.05, 3.63) is 62.5 Å². The van der Waals surface area contributed by atoms with Crippen LogP contribution in [0.15, 0.2) is 51.4 Å². The van der Waals surface area contributed by atoms with Crippen molar-refractivity contribution in [2.45, 2.75) is 20.1 Å². The molecule has 0 amide bonds. The molecule has 0 heterocycles. The molecule has 0 aliphatic carbocycles. The van der Waals surface area contributed by atoms with Gasteiger partial charge in [-0.2, -0.15) is 0 Å². The van der Waals surface area contributed by atoms with E-state index in [1.165, 1.54) is 11.1 Å². The third kappa shape index (κ3) is 4.62. The Labute approximate surface area is 136 Å². The summed E-state index contributed by atoms with van der Waals surface area (Å²) < 4.78 is 7.84. The van der Waals surface area contributed by atoms with Crippen LogP contribution < -0.4 is 10.1 Å². The third-order valence-corrected chi connectivity index (χ3v) is 3.97. The summed E-state index contributed by atoms with van der Waals surface area (Å²) >= 11 is 6.94. The average molecular weight is 399 g/mol. The Balaban J connectivity index is 1.99. The first-order valence-electron chi connectivity index (χ1n) is 6.55. The summed E-state index contributed by atoms with van der Waals surface area (Å²) in [5, 5.41) is 3.33. The van der Waals surface area contributed by atoms with E-state index in [1.807, 2.05) is 18.2 Å². The molecule has 0 fully saturated rings. The SMILES string of the molecule is CCNCc1cccc(COc2ccc(Br)cc2Br)c1. The van der Waals surface area contributed by atoms with Gasteiger partial charge < -0.3 is 10.1 Å². The van der Waals surface area contributed by atoms with Crippen molar-refractivity contribution in [3.63, 3.8) is 0 Å². The first kappa shape index (κ1) is 15.5. The van der Waals surface area contributed by atoms with Crippen LogP contribution in [0, 0.1) is 0 Å². The highest BCUT2D eigenvalue weighted by atomic mass is 79.9. The molecule has 2 nitrogen and oxygen atoms in total. The Morgan fingerprint density at radius 1 is 1.05 bits per heavy atom. The molecule has 0 saturated carbocycles. The molecule has 2 aromatic carbocycles. The third-order valence-electron chi connectivity index (χ3n) is 2.86. The van der Waals surface area contributed by atoms with Crippen molar-refractivity contribution in [1.29, 1.82) is 0 Å². The number of rotatable bonds is 6. The van der Waals surface area contributed by atoms with Crippen LogP contribution in [-0.4, -0.2) is 6.54 Å². The van der Waals surface area contributed by atoms with Gasteiger partial charge in [0.05, 0.1) is 4.47 Å². The highest BCUT2D eigenvalue weighted by Gasteiger charge is 2.03. The van der Waals surface area contributed by atoms with E-state index in [4.69, 9.17) is 4.74 Å².